The first-order valence-electron chi connectivity index (χ1n) is 7.53. The van der Waals surface area contributed by atoms with Crippen LogP contribution in [0.4, 0.5) is 0 Å². The number of piperazine rings is 1. The van der Waals surface area contributed by atoms with Crippen LogP contribution in [0.25, 0.3) is 0 Å². The second-order valence-corrected chi connectivity index (χ2v) is 5.80. The molecule has 0 radical (unpaired) electrons. The molecule has 7 heteroatoms. The fraction of sp³-hybridized carbons (Fsp3) is 0.857. The second-order valence-electron chi connectivity index (χ2n) is 5.80. The molecule has 2 atom stereocenters. The fourth-order valence-electron chi connectivity index (χ4n) is 2.93. The molecule has 0 aromatic rings. The van der Waals surface area contributed by atoms with Crippen molar-refractivity contribution in [2.24, 2.45) is 5.92 Å². The third-order valence-electron chi connectivity index (χ3n) is 4.44. The summed E-state index contributed by atoms with van der Waals surface area (Å²) in [7, 11) is 2.05. The van der Waals surface area contributed by atoms with Gasteiger partial charge in [-0.05, 0) is 13.6 Å². The normalized spacial score (nSPS) is 27.3. The maximum atomic E-state index is 12.4. The molecule has 120 valence electrons. The average molecular weight is 299 g/mol. The Morgan fingerprint density at radius 1 is 1.24 bits per heavy atom. The molecule has 2 heterocycles. The fourth-order valence-corrected chi connectivity index (χ4v) is 2.93. The number of hydrogen-bond donors (Lipinski definition) is 1. The van der Waals surface area contributed by atoms with Gasteiger partial charge in [-0.25, -0.2) is 0 Å². The van der Waals surface area contributed by atoms with E-state index in [1.165, 1.54) is 0 Å². The van der Waals surface area contributed by atoms with Crippen molar-refractivity contribution >= 4 is 11.9 Å². The summed E-state index contributed by atoms with van der Waals surface area (Å²) >= 11 is 0. The number of carboxylic acid groups (broad SMARTS) is 1. The summed E-state index contributed by atoms with van der Waals surface area (Å²) < 4.78 is 5.30. The van der Waals surface area contributed by atoms with Crippen molar-refractivity contribution in [2.75, 3.05) is 59.5 Å². The van der Waals surface area contributed by atoms with E-state index in [4.69, 9.17) is 4.74 Å². The minimum Gasteiger partial charge on any atom is -0.481 e. The van der Waals surface area contributed by atoms with Crippen molar-refractivity contribution < 1.29 is 19.4 Å². The zero-order valence-corrected chi connectivity index (χ0v) is 12.8. The molecule has 2 fully saturated rings. The lowest BCUT2D eigenvalue weighted by atomic mass is 10.0. The largest absolute Gasteiger partial charge is 0.481 e. The van der Waals surface area contributed by atoms with Crippen LogP contribution in [-0.2, 0) is 14.3 Å². The van der Waals surface area contributed by atoms with Crippen LogP contribution >= 0.6 is 0 Å². The van der Waals surface area contributed by atoms with Gasteiger partial charge >= 0.3 is 5.97 Å². The van der Waals surface area contributed by atoms with Gasteiger partial charge in [0.05, 0.1) is 25.7 Å². The molecule has 7 nitrogen and oxygen atoms in total. The standard InChI is InChI=1S/C14H25N3O4/c1-3-16(12-10-21-9-11(12)14(19)20)8-13(18)17-6-4-15(2)5-7-17/h11-12H,3-10H2,1-2H3,(H,19,20). The lowest BCUT2D eigenvalue weighted by Crippen LogP contribution is -2.52. The number of likely N-dealkylation sites (N-methyl/N-ethyl adjacent to an activating group) is 2. The summed E-state index contributed by atoms with van der Waals surface area (Å²) in [6.07, 6.45) is 0. The molecule has 1 N–H and O–H groups in total. The first kappa shape index (κ1) is 16.2. The first-order chi connectivity index (χ1) is 10.0. The zero-order valence-electron chi connectivity index (χ0n) is 12.8. The highest BCUT2D eigenvalue weighted by molar-refractivity contribution is 5.78. The molecule has 2 saturated heterocycles. The average Bonchev–Trinajstić information content (AvgIpc) is 2.94. The number of ether oxygens (including phenoxy) is 1. The number of amides is 1. The lowest BCUT2D eigenvalue weighted by Gasteiger charge is -2.35. The van der Waals surface area contributed by atoms with Crippen LogP contribution in [0.3, 0.4) is 0 Å². The number of hydrogen-bond acceptors (Lipinski definition) is 5. The highest BCUT2D eigenvalue weighted by Gasteiger charge is 2.38. The van der Waals surface area contributed by atoms with E-state index in [1.54, 1.807) is 0 Å². The predicted molar refractivity (Wildman–Crippen MR) is 77.1 cm³/mol. The van der Waals surface area contributed by atoms with Crippen LogP contribution in [0.15, 0.2) is 0 Å². The van der Waals surface area contributed by atoms with E-state index in [9.17, 15) is 14.7 Å². The lowest BCUT2D eigenvalue weighted by molar-refractivity contribution is -0.144. The van der Waals surface area contributed by atoms with Crippen molar-refractivity contribution in [3.05, 3.63) is 0 Å². The van der Waals surface area contributed by atoms with Crippen LogP contribution in [0.1, 0.15) is 6.92 Å². The van der Waals surface area contributed by atoms with Crippen LogP contribution in [-0.4, -0.2) is 97.3 Å². The summed E-state index contributed by atoms with van der Waals surface area (Å²) in [5.41, 5.74) is 0. The Bertz CT molecular complexity index is 382. The van der Waals surface area contributed by atoms with Crippen LogP contribution in [0, 0.1) is 5.92 Å². The number of aliphatic carboxylic acids is 1. The number of carboxylic acids is 1. The summed E-state index contributed by atoms with van der Waals surface area (Å²) in [5.74, 6) is -1.30. The topological polar surface area (TPSA) is 73.3 Å². The van der Waals surface area contributed by atoms with Crippen molar-refractivity contribution in [1.82, 2.24) is 14.7 Å². The molecular formula is C14H25N3O4. The highest BCUT2D eigenvalue weighted by Crippen LogP contribution is 2.20. The summed E-state index contributed by atoms with van der Waals surface area (Å²) in [5, 5.41) is 9.23. The predicted octanol–water partition coefficient (Wildman–Crippen LogP) is -0.818. The Balaban J connectivity index is 1.92. The molecule has 1 amide bonds. The van der Waals surface area contributed by atoms with Crippen molar-refractivity contribution in [3.8, 4) is 0 Å². The van der Waals surface area contributed by atoms with E-state index >= 15 is 0 Å². The Hall–Kier alpha value is -1.18. The molecule has 0 saturated carbocycles. The van der Waals surface area contributed by atoms with Gasteiger partial charge in [0.15, 0.2) is 0 Å². The van der Waals surface area contributed by atoms with Crippen molar-refractivity contribution in [2.45, 2.75) is 13.0 Å². The summed E-state index contributed by atoms with van der Waals surface area (Å²) in [6, 6.07) is -0.205. The van der Waals surface area contributed by atoms with Crippen molar-refractivity contribution in [3.63, 3.8) is 0 Å². The van der Waals surface area contributed by atoms with Gasteiger partial charge < -0.3 is 19.6 Å². The van der Waals surface area contributed by atoms with Crippen LogP contribution < -0.4 is 0 Å². The van der Waals surface area contributed by atoms with Gasteiger partial charge in [-0.15, -0.1) is 0 Å². The first-order valence-corrected chi connectivity index (χ1v) is 7.53. The Morgan fingerprint density at radius 2 is 1.90 bits per heavy atom. The number of nitrogens with zero attached hydrogens (tertiary/aromatic N) is 3. The van der Waals surface area contributed by atoms with Gasteiger partial charge in [0.1, 0.15) is 0 Å². The van der Waals surface area contributed by atoms with Gasteiger partial charge in [0.2, 0.25) is 5.91 Å². The maximum Gasteiger partial charge on any atom is 0.310 e. The molecule has 0 aliphatic carbocycles. The number of rotatable bonds is 5. The molecule has 2 unspecified atom stereocenters. The van der Waals surface area contributed by atoms with Gasteiger partial charge in [-0.1, -0.05) is 6.92 Å². The second kappa shape index (κ2) is 7.20. The monoisotopic (exact) mass is 299 g/mol. The van der Waals surface area contributed by atoms with E-state index < -0.39 is 11.9 Å². The molecule has 2 aliphatic heterocycles. The minimum atomic E-state index is -0.844. The van der Waals surface area contributed by atoms with Crippen molar-refractivity contribution in [1.29, 1.82) is 0 Å². The van der Waals surface area contributed by atoms with E-state index in [-0.39, 0.29) is 25.1 Å². The molecule has 0 aromatic carbocycles. The third-order valence-corrected chi connectivity index (χ3v) is 4.44. The van der Waals surface area contributed by atoms with E-state index in [1.807, 2.05) is 23.8 Å². The number of carbonyl (C=O) groups is 2. The Labute approximate surface area is 125 Å². The molecule has 2 rings (SSSR count). The molecule has 21 heavy (non-hydrogen) atoms. The molecule has 2 aliphatic rings. The van der Waals surface area contributed by atoms with Crippen LogP contribution in [0.2, 0.25) is 0 Å². The molecule has 0 spiro atoms. The minimum absolute atomic E-state index is 0.0842. The highest BCUT2D eigenvalue weighted by atomic mass is 16.5. The Morgan fingerprint density at radius 3 is 2.48 bits per heavy atom. The maximum absolute atomic E-state index is 12.4. The van der Waals surface area contributed by atoms with Crippen LogP contribution in [0.5, 0.6) is 0 Å². The molecular weight excluding hydrogens is 274 g/mol. The number of carbonyl (C=O) groups excluding carboxylic acids is 1. The zero-order chi connectivity index (χ0) is 15.4. The van der Waals surface area contributed by atoms with Gasteiger partial charge in [0.25, 0.3) is 0 Å². The summed E-state index contributed by atoms with van der Waals surface area (Å²) in [4.78, 5) is 29.6. The quantitative estimate of drug-likeness (QED) is 0.715. The van der Waals surface area contributed by atoms with Gasteiger partial charge in [-0.2, -0.15) is 0 Å². The third kappa shape index (κ3) is 3.93. The molecule has 0 aromatic heterocycles. The van der Waals surface area contributed by atoms with E-state index in [2.05, 4.69) is 4.90 Å². The Kier molecular flexibility index (Phi) is 5.55. The SMILES string of the molecule is CCN(CC(=O)N1CCN(C)CC1)C1COCC1C(=O)O. The van der Waals surface area contributed by atoms with Gasteiger partial charge in [-0.3, -0.25) is 14.5 Å². The van der Waals surface area contributed by atoms with E-state index in [0.29, 0.717) is 13.2 Å². The summed E-state index contributed by atoms with van der Waals surface area (Å²) in [6.45, 7) is 6.78. The molecule has 0 bridgehead atoms. The van der Waals surface area contributed by atoms with E-state index in [0.717, 1.165) is 26.2 Å². The van der Waals surface area contributed by atoms with Gasteiger partial charge in [0, 0.05) is 32.2 Å². The smallest absolute Gasteiger partial charge is 0.310 e.